The molecule has 1 N–H and O–H groups in total. The molecule has 2 aromatic heterocycles. The summed E-state index contributed by atoms with van der Waals surface area (Å²) < 4.78 is 15.9. The number of aryl methyl sites for hydroxylation is 3. The molecule has 0 saturated carbocycles. The van der Waals surface area contributed by atoms with Crippen molar-refractivity contribution >= 4 is 34.6 Å². The van der Waals surface area contributed by atoms with Crippen molar-refractivity contribution in [3.63, 3.8) is 0 Å². The van der Waals surface area contributed by atoms with Gasteiger partial charge >= 0.3 is 0 Å². The Bertz CT molecular complexity index is 785. The molecule has 6 heteroatoms. The number of rotatable bonds is 3. The van der Waals surface area contributed by atoms with Gasteiger partial charge in [-0.25, -0.2) is 9.37 Å². The van der Waals surface area contributed by atoms with E-state index in [0.29, 0.717) is 11.3 Å². The van der Waals surface area contributed by atoms with Crippen molar-refractivity contribution in [1.29, 1.82) is 0 Å². The normalized spacial score (nSPS) is 11.3. The van der Waals surface area contributed by atoms with E-state index < -0.39 is 0 Å². The van der Waals surface area contributed by atoms with Crippen molar-refractivity contribution < 1.29 is 4.39 Å². The van der Waals surface area contributed by atoms with E-state index in [1.165, 1.54) is 12.1 Å². The second kappa shape index (κ2) is 4.86. The fourth-order valence-electron chi connectivity index (χ4n) is 2.10. The van der Waals surface area contributed by atoms with Crippen molar-refractivity contribution in [2.24, 2.45) is 0 Å². The van der Waals surface area contributed by atoms with Gasteiger partial charge < -0.3 is 9.55 Å². The summed E-state index contributed by atoms with van der Waals surface area (Å²) in [6.07, 6.45) is 0.794. The summed E-state index contributed by atoms with van der Waals surface area (Å²) in [4.78, 5) is 7.51. The lowest BCUT2D eigenvalue weighted by Crippen LogP contribution is -2.01. The van der Waals surface area contributed by atoms with Gasteiger partial charge in [-0.3, -0.25) is 0 Å². The van der Waals surface area contributed by atoms with Crippen LogP contribution in [0.3, 0.4) is 0 Å². The highest BCUT2D eigenvalue weighted by atomic mass is 32.1. The number of halogens is 1. The van der Waals surface area contributed by atoms with Crippen LogP contribution in [0.15, 0.2) is 23.6 Å². The van der Waals surface area contributed by atoms with Gasteiger partial charge in [-0.15, -0.1) is 11.3 Å². The number of aromatic amines is 1. The first-order valence-electron chi connectivity index (χ1n) is 5.92. The lowest BCUT2D eigenvalue weighted by Gasteiger charge is -2.02. The minimum Gasteiger partial charge on any atom is -0.331 e. The third-order valence-corrected chi connectivity index (χ3v) is 4.14. The highest BCUT2D eigenvalue weighted by Crippen LogP contribution is 2.17. The number of aromatic nitrogens is 3. The monoisotopic (exact) mass is 293 g/mol. The number of hydrogen-bond acceptors (Lipinski definition) is 3. The molecule has 1 aromatic carbocycles. The fraction of sp³-hybridized carbons (Fsp3) is 0.231. The van der Waals surface area contributed by atoms with Gasteiger partial charge in [0, 0.05) is 18.3 Å². The number of H-pyrrole nitrogens is 1. The Hall–Kier alpha value is -1.53. The largest absolute Gasteiger partial charge is 0.331 e. The molecule has 0 aliphatic rings. The molecule has 0 spiro atoms. The standard InChI is InChI=1S/C13H12FN3S2/c1-8-15-10(7-19-8)4-5-17-12-6-9(14)2-3-11(12)16-13(17)18/h2-3,6-7H,4-5H2,1H3,(H,16,18). The van der Waals surface area contributed by atoms with Gasteiger partial charge in [0.1, 0.15) is 5.82 Å². The predicted octanol–water partition coefficient (Wildman–Crippen LogP) is 3.85. The molecule has 0 atom stereocenters. The van der Waals surface area contributed by atoms with E-state index >= 15 is 0 Å². The van der Waals surface area contributed by atoms with Crippen LogP contribution in [0.25, 0.3) is 11.0 Å². The Kier molecular flexibility index (Phi) is 3.20. The van der Waals surface area contributed by atoms with Crippen LogP contribution in [0.1, 0.15) is 10.7 Å². The number of nitrogens with one attached hydrogen (secondary N) is 1. The average molecular weight is 293 g/mol. The molecule has 0 radical (unpaired) electrons. The number of nitrogens with zero attached hydrogens (tertiary/aromatic N) is 2. The molecular formula is C13H12FN3S2. The third-order valence-electron chi connectivity index (χ3n) is 3.00. The molecule has 98 valence electrons. The number of hydrogen-bond donors (Lipinski definition) is 1. The van der Waals surface area contributed by atoms with E-state index in [2.05, 4.69) is 9.97 Å². The molecule has 0 aliphatic heterocycles. The minimum absolute atomic E-state index is 0.250. The second-order valence-corrected chi connectivity index (χ2v) is 5.80. The summed E-state index contributed by atoms with van der Waals surface area (Å²) in [7, 11) is 0. The maximum atomic E-state index is 13.3. The lowest BCUT2D eigenvalue weighted by atomic mass is 10.3. The topological polar surface area (TPSA) is 33.6 Å². The Labute approximate surface area is 118 Å². The number of fused-ring (bicyclic) bond motifs is 1. The summed E-state index contributed by atoms with van der Waals surface area (Å²) >= 11 is 6.92. The summed E-state index contributed by atoms with van der Waals surface area (Å²) in [5.41, 5.74) is 2.72. The summed E-state index contributed by atoms with van der Waals surface area (Å²) in [5, 5.41) is 3.11. The van der Waals surface area contributed by atoms with Gasteiger partial charge in [0.25, 0.3) is 0 Å². The minimum atomic E-state index is -0.250. The van der Waals surface area contributed by atoms with Gasteiger partial charge in [0.05, 0.1) is 21.7 Å². The van der Waals surface area contributed by atoms with Gasteiger partial charge in [0.15, 0.2) is 4.77 Å². The van der Waals surface area contributed by atoms with Crippen molar-refractivity contribution in [3.8, 4) is 0 Å². The van der Waals surface area contributed by atoms with Crippen LogP contribution >= 0.6 is 23.6 Å². The SMILES string of the molecule is Cc1nc(CCn2c(=S)[nH]c3ccc(F)cc32)cs1. The van der Waals surface area contributed by atoms with E-state index in [0.717, 1.165) is 28.2 Å². The molecule has 0 aliphatic carbocycles. The molecule has 19 heavy (non-hydrogen) atoms. The van der Waals surface area contributed by atoms with Gasteiger partial charge in [-0.05, 0) is 37.3 Å². The molecule has 2 heterocycles. The van der Waals surface area contributed by atoms with Crippen LogP contribution in [-0.4, -0.2) is 14.5 Å². The van der Waals surface area contributed by atoms with Crippen LogP contribution in [0, 0.1) is 17.5 Å². The van der Waals surface area contributed by atoms with E-state index in [4.69, 9.17) is 12.2 Å². The van der Waals surface area contributed by atoms with Crippen LogP contribution in [0.5, 0.6) is 0 Å². The molecule has 3 rings (SSSR count). The molecular weight excluding hydrogens is 281 g/mol. The average Bonchev–Trinajstić information content (AvgIpc) is 2.90. The van der Waals surface area contributed by atoms with E-state index in [1.807, 2.05) is 16.9 Å². The Morgan fingerprint density at radius 3 is 3.05 bits per heavy atom. The quantitative estimate of drug-likeness (QED) is 0.744. The molecule has 0 saturated heterocycles. The summed E-state index contributed by atoms with van der Waals surface area (Å²) in [5.74, 6) is -0.250. The van der Waals surface area contributed by atoms with Gasteiger partial charge in [0.2, 0.25) is 0 Å². The van der Waals surface area contributed by atoms with Crippen molar-refractivity contribution in [2.45, 2.75) is 19.9 Å². The van der Waals surface area contributed by atoms with Gasteiger partial charge in [-0.1, -0.05) is 0 Å². The number of thiazole rings is 1. The fourth-order valence-corrected chi connectivity index (χ4v) is 3.04. The zero-order valence-electron chi connectivity index (χ0n) is 10.3. The van der Waals surface area contributed by atoms with Crippen LogP contribution < -0.4 is 0 Å². The van der Waals surface area contributed by atoms with Gasteiger partial charge in [-0.2, -0.15) is 0 Å². The summed E-state index contributed by atoms with van der Waals surface area (Å²) in [6, 6.07) is 4.65. The highest BCUT2D eigenvalue weighted by molar-refractivity contribution is 7.71. The van der Waals surface area contributed by atoms with E-state index in [9.17, 15) is 4.39 Å². The second-order valence-electron chi connectivity index (χ2n) is 4.35. The maximum absolute atomic E-state index is 13.3. The van der Waals surface area contributed by atoms with Crippen LogP contribution in [0.4, 0.5) is 4.39 Å². The molecule has 3 nitrogen and oxygen atoms in total. The van der Waals surface area contributed by atoms with Crippen molar-refractivity contribution in [2.75, 3.05) is 0 Å². The summed E-state index contributed by atoms with van der Waals surface area (Å²) in [6.45, 7) is 2.69. The van der Waals surface area contributed by atoms with E-state index in [-0.39, 0.29) is 5.82 Å². The highest BCUT2D eigenvalue weighted by Gasteiger charge is 2.06. The molecule has 0 bridgehead atoms. The molecule has 0 amide bonds. The van der Waals surface area contributed by atoms with Crippen LogP contribution in [0.2, 0.25) is 0 Å². The lowest BCUT2D eigenvalue weighted by molar-refractivity contribution is 0.627. The first-order chi connectivity index (χ1) is 9.13. The first-order valence-corrected chi connectivity index (χ1v) is 7.21. The van der Waals surface area contributed by atoms with E-state index in [1.54, 1.807) is 17.4 Å². The Morgan fingerprint density at radius 2 is 2.32 bits per heavy atom. The number of benzene rings is 1. The third kappa shape index (κ3) is 2.46. The Balaban J connectivity index is 1.94. The predicted molar refractivity (Wildman–Crippen MR) is 77.6 cm³/mol. The zero-order valence-corrected chi connectivity index (χ0v) is 11.9. The molecule has 3 aromatic rings. The zero-order chi connectivity index (χ0) is 13.4. The van der Waals surface area contributed by atoms with Crippen LogP contribution in [-0.2, 0) is 13.0 Å². The first kappa shape index (κ1) is 12.5. The molecule has 0 unspecified atom stereocenters. The smallest absolute Gasteiger partial charge is 0.178 e. The Morgan fingerprint density at radius 1 is 1.47 bits per heavy atom. The maximum Gasteiger partial charge on any atom is 0.178 e. The number of imidazole rings is 1. The molecule has 0 fully saturated rings. The van der Waals surface area contributed by atoms with Crippen molar-refractivity contribution in [3.05, 3.63) is 44.9 Å². The van der Waals surface area contributed by atoms with Crippen molar-refractivity contribution in [1.82, 2.24) is 14.5 Å².